The summed E-state index contributed by atoms with van der Waals surface area (Å²) in [4.78, 5) is 21.2. The summed E-state index contributed by atoms with van der Waals surface area (Å²) in [7, 11) is 1.64. The number of amides is 1. The van der Waals surface area contributed by atoms with E-state index in [9.17, 15) is 4.79 Å². The van der Waals surface area contributed by atoms with Crippen molar-refractivity contribution in [3.8, 4) is 0 Å². The van der Waals surface area contributed by atoms with E-state index in [2.05, 4.69) is 40.5 Å². The molecule has 0 saturated carbocycles. The number of benzene rings is 1. The number of methoxy groups -OCH3 is 1. The minimum atomic E-state index is -0.205. The number of aryl methyl sites for hydroxylation is 2. The van der Waals surface area contributed by atoms with Gasteiger partial charge in [0.2, 0.25) is 5.95 Å². The van der Waals surface area contributed by atoms with Crippen LogP contribution in [0.2, 0.25) is 0 Å². The molecule has 0 unspecified atom stereocenters. The van der Waals surface area contributed by atoms with Gasteiger partial charge in [0.05, 0.1) is 0 Å². The molecule has 1 heterocycles. The fourth-order valence-corrected chi connectivity index (χ4v) is 2.70. The van der Waals surface area contributed by atoms with Crippen molar-refractivity contribution in [3.63, 3.8) is 0 Å². The number of anilines is 2. The summed E-state index contributed by atoms with van der Waals surface area (Å²) < 4.78 is 4.99. The highest BCUT2D eigenvalue weighted by Crippen LogP contribution is 2.29. The average Bonchev–Trinajstić information content (AvgIpc) is 2.59. The smallest absolute Gasteiger partial charge is 0.270 e. The molecule has 2 aromatic rings. The minimum absolute atomic E-state index is 0.205. The van der Waals surface area contributed by atoms with Gasteiger partial charge in [-0.3, -0.25) is 4.79 Å². The molecule has 0 aliphatic rings. The molecule has 1 aromatic heterocycles. The number of hydrogen-bond acceptors (Lipinski definition) is 5. The van der Waals surface area contributed by atoms with E-state index >= 15 is 0 Å². The molecule has 0 radical (unpaired) electrons. The summed E-state index contributed by atoms with van der Waals surface area (Å²) in [6.45, 7) is 9.37. The van der Waals surface area contributed by atoms with E-state index < -0.39 is 0 Å². The number of para-hydroxylation sites is 1. The Balaban J connectivity index is 2.22. The van der Waals surface area contributed by atoms with Crippen molar-refractivity contribution in [3.05, 3.63) is 46.8 Å². The summed E-state index contributed by atoms with van der Waals surface area (Å²) in [6.07, 6.45) is 0.762. The van der Waals surface area contributed by atoms with Gasteiger partial charge in [-0.15, -0.1) is 0 Å². The summed E-state index contributed by atoms with van der Waals surface area (Å²) in [5.74, 6) is 0.595. The van der Waals surface area contributed by atoms with E-state index in [0.29, 0.717) is 30.7 Å². The second-order valence-electron chi connectivity index (χ2n) is 6.64. The Labute approximate surface area is 155 Å². The van der Waals surface area contributed by atoms with Crippen LogP contribution in [0.25, 0.3) is 0 Å². The predicted octanol–water partition coefficient (Wildman–Crippen LogP) is 3.73. The molecule has 0 aliphatic carbocycles. The molecule has 140 valence electrons. The lowest BCUT2D eigenvalue weighted by Crippen LogP contribution is -2.26. The zero-order valence-corrected chi connectivity index (χ0v) is 16.2. The summed E-state index contributed by atoms with van der Waals surface area (Å²) in [5.41, 5.74) is 4.41. The zero-order chi connectivity index (χ0) is 19.1. The van der Waals surface area contributed by atoms with E-state index in [1.165, 1.54) is 5.56 Å². The Kier molecular flexibility index (Phi) is 7.09. The third-order valence-corrected chi connectivity index (χ3v) is 4.06. The second-order valence-corrected chi connectivity index (χ2v) is 6.64. The second kappa shape index (κ2) is 9.29. The maximum absolute atomic E-state index is 12.3. The zero-order valence-electron chi connectivity index (χ0n) is 16.2. The molecule has 0 aliphatic heterocycles. The molecule has 2 N–H and O–H groups in total. The van der Waals surface area contributed by atoms with E-state index in [0.717, 1.165) is 23.4 Å². The van der Waals surface area contributed by atoms with Gasteiger partial charge in [-0.2, -0.15) is 0 Å². The Bertz CT molecular complexity index is 759. The summed E-state index contributed by atoms with van der Waals surface area (Å²) >= 11 is 0. The summed E-state index contributed by atoms with van der Waals surface area (Å²) in [5, 5.41) is 6.17. The molecular formula is C20H28N4O2. The van der Waals surface area contributed by atoms with Crippen molar-refractivity contribution in [1.29, 1.82) is 0 Å². The lowest BCUT2D eigenvalue weighted by atomic mass is 9.98. The topological polar surface area (TPSA) is 76.1 Å². The van der Waals surface area contributed by atoms with Crippen molar-refractivity contribution >= 4 is 17.5 Å². The first-order chi connectivity index (χ1) is 12.4. The Morgan fingerprint density at radius 2 is 2.00 bits per heavy atom. The SMILES string of the molecule is COCCCNC(=O)c1cc(C)nc(Nc2c(C)cccc2C(C)C)n1. The number of nitrogens with one attached hydrogen (secondary N) is 2. The molecule has 2 rings (SSSR count). The van der Waals surface area contributed by atoms with Crippen LogP contribution < -0.4 is 10.6 Å². The van der Waals surface area contributed by atoms with Crippen molar-refractivity contribution in [2.75, 3.05) is 25.6 Å². The third kappa shape index (κ3) is 5.26. The monoisotopic (exact) mass is 356 g/mol. The molecule has 0 spiro atoms. The van der Waals surface area contributed by atoms with Gasteiger partial charge in [0.25, 0.3) is 5.91 Å². The maximum Gasteiger partial charge on any atom is 0.270 e. The molecule has 0 fully saturated rings. The highest BCUT2D eigenvalue weighted by atomic mass is 16.5. The van der Waals surface area contributed by atoms with Crippen LogP contribution in [-0.2, 0) is 4.74 Å². The highest BCUT2D eigenvalue weighted by Gasteiger charge is 2.13. The first-order valence-electron chi connectivity index (χ1n) is 8.91. The number of hydrogen-bond donors (Lipinski definition) is 2. The van der Waals surface area contributed by atoms with Gasteiger partial charge in [0, 0.05) is 31.6 Å². The number of aromatic nitrogens is 2. The van der Waals surface area contributed by atoms with Gasteiger partial charge >= 0.3 is 0 Å². The molecule has 6 heteroatoms. The number of carbonyl (C=O) groups excluding carboxylic acids is 1. The van der Waals surface area contributed by atoms with Crippen LogP contribution in [0.1, 0.15) is 53.5 Å². The predicted molar refractivity (Wildman–Crippen MR) is 104 cm³/mol. The number of nitrogens with zero attached hydrogens (tertiary/aromatic N) is 2. The highest BCUT2D eigenvalue weighted by molar-refractivity contribution is 5.92. The van der Waals surface area contributed by atoms with Crippen molar-refractivity contribution < 1.29 is 9.53 Å². The quantitative estimate of drug-likeness (QED) is 0.705. The van der Waals surface area contributed by atoms with Gasteiger partial charge in [0.1, 0.15) is 5.69 Å². The van der Waals surface area contributed by atoms with E-state index in [4.69, 9.17) is 4.74 Å². The Morgan fingerprint density at radius 3 is 2.69 bits per heavy atom. The fraction of sp³-hybridized carbons (Fsp3) is 0.450. The fourth-order valence-electron chi connectivity index (χ4n) is 2.70. The Hall–Kier alpha value is -2.47. The van der Waals surface area contributed by atoms with Crippen LogP contribution in [-0.4, -0.2) is 36.1 Å². The average molecular weight is 356 g/mol. The third-order valence-electron chi connectivity index (χ3n) is 4.06. The van der Waals surface area contributed by atoms with Crippen LogP contribution in [0.4, 0.5) is 11.6 Å². The molecule has 26 heavy (non-hydrogen) atoms. The van der Waals surface area contributed by atoms with Gasteiger partial charge in [-0.1, -0.05) is 32.0 Å². The minimum Gasteiger partial charge on any atom is -0.385 e. The largest absolute Gasteiger partial charge is 0.385 e. The standard InChI is InChI=1S/C20H28N4O2/c1-13(2)16-9-6-8-14(3)18(16)24-20-22-15(4)12-17(23-20)19(25)21-10-7-11-26-5/h6,8-9,12-13H,7,10-11H2,1-5H3,(H,21,25)(H,22,23,24). The number of rotatable bonds is 8. The first-order valence-corrected chi connectivity index (χ1v) is 8.91. The van der Waals surface area contributed by atoms with Crippen molar-refractivity contribution in [2.45, 2.75) is 40.0 Å². The van der Waals surface area contributed by atoms with Crippen LogP contribution >= 0.6 is 0 Å². The number of ether oxygens (including phenoxy) is 1. The van der Waals surface area contributed by atoms with Gasteiger partial charge in [0.15, 0.2) is 0 Å². The van der Waals surface area contributed by atoms with E-state index in [-0.39, 0.29) is 5.91 Å². The summed E-state index contributed by atoms with van der Waals surface area (Å²) in [6, 6.07) is 7.89. The van der Waals surface area contributed by atoms with Crippen LogP contribution in [0.5, 0.6) is 0 Å². The van der Waals surface area contributed by atoms with E-state index in [1.54, 1.807) is 13.2 Å². The normalized spacial score (nSPS) is 10.8. The Morgan fingerprint density at radius 1 is 1.23 bits per heavy atom. The van der Waals surface area contributed by atoms with Gasteiger partial charge in [-0.05, 0) is 43.4 Å². The van der Waals surface area contributed by atoms with Crippen LogP contribution in [0.3, 0.4) is 0 Å². The molecule has 6 nitrogen and oxygen atoms in total. The lowest BCUT2D eigenvalue weighted by Gasteiger charge is -2.17. The van der Waals surface area contributed by atoms with Crippen molar-refractivity contribution in [1.82, 2.24) is 15.3 Å². The van der Waals surface area contributed by atoms with Crippen LogP contribution in [0, 0.1) is 13.8 Å². The molecule has 0 bridgehead atoms. The lowest BCUT2D eigenvalue weighted by molar-refractivity contribution is 0.0943. The maximum atomic E-state index is 12.3. The van der Waals surface area contributed by atoms with Gasteiger partial charge < -0.3 is 15.4 Å². The molecule has 0 atom stereocenters. The van der Waals surface area contributed by atoms with E-state index in [1.807, 2.05) is 26.0 Å². The molecule has 0 saturated heterocycles. The van der Waals surface area contributed by atoms with Crippen LogP contribution in [0.15, 0.2) is 24.3 Å². The first kappa shape index (κ1) is 19.8. The molecular weight excluding hydrogens is 328 g/mol. The van der Waals surface area contributed by atoms with Crippen molar-refractivity contribution in [2.24, 2.45) is 0 Å². The van der Waals surface area contributed by atoms with Gasteiger partial charge in [-0.25, -0.2) is 9.97 Å². The molecule has 1 amide bonds. The number of carbonyl (C=O) groups is 1. The molecule has 1 aromatic carbocycles.